The van der Waals surface area contributed by atoms with E-state index < -0.39 is 5.97 Å². The third kappa shape index (κ3) is 3.01. The Labute approximate surface area is 111 Å². The van der Waals surface area contributed by atoms with E-state index in [1.54, 1.807) is 24.3 Å². The van der Waals surface area contributed by atoms with Crippen molar-refractivity contribution in [1.82, 2.24) is 0 Å². The minimum Gasteiger partial charge on any atom is -0.490 e. The Hall–Kier alpha value is -2.55. The number of hydrogen-bond acceptors (Lipinski definition) is 2. The van der Waals surface area contributed by atoms with E-state index in [2.05, 4.69) is 6.58 Å². The number of benzene rings is 2. The minimum absolute atomic E-state index is 0.261. The van der Waals surface area contributed by atoms with Crippen molar-refractivity contribution >= 4 is 5.97 Å². The molecule has 0 bridgehead atoms. The maximum absolute atomic E-state index is 11.3. The third-order valence-electron chi connectivity index (χ3n) is 2.67. The molecule has 1 N–H and O–H groups in total. The summed E-state index contributed by atoms with van der Waals surface area (Å²) in [5, 5.41) is 9.24. The highest BCUT2D eigenvalue weighted by Crippen LogP contribution is 2.28. The predicted molar refractivity (Wildman–Crippen MR) is 74.5 cm³/mol. The van der Waals surface area contributed by atoms with Crippen LogP contribution in [0.1, 0.15) is 10.4 Å². The smallest absolute Gasteiger partial charge is 0.336 e. The highest BCUT2D eigenvalue weighted by Gasteiger charge is 2.12. The van der Waals surface area contributed by atoms with Gasteiger partial charge >= 0.3 is 5.97 Å². The summed E-state index contributed by atoms with van der Waals surface area (Å²) in [4.78, 5) is 11.3. The standard InChI is InChI=1S/C16H14O3/c1-2-10-19-13-8-9-14(16(17)18)15(11-13)12-6-4-3-5-7-12/h2-9,11H,1,10H2,(H,17,18). The topological polar surface area (TPSA) is 46.5 Å². The molecule has 96 valence electrons. The van der Waals surface area contributed by atoms with E-state index in [0.29, 0.717) is 17.9 Å². The van der Waals surface area contributed by atoms with Gasteiger partial charge in [-0.3, -0.25) is 0 Å². The van der Waals surface area contributed by atoms with Crippen LogP contribution in [-0.2, 0) is 0 Å². The van der Waals surface area contributed by atoms with Gasteiger partial charge in [0.25, 0.3) is 0 Å². The van der Waals surface area contributed by atoms with E-state index >= 15 is 0 Å². The SMILES string of the molecule is C=CCOc1ccc(C(=O)O)c(-c2ccccc2)c1. The molecule has 2 rings (SSSR count). The summed E-state index contributed by atoms with van der Waals surface area (Å²) >= 11 is 0. The van der Waals surface area contributed by atoms with Crippen molar-refractivity contribution in [2.24, 2.45) is 0 Å². The number of rotatable bonds is 5. The number of hydrogen-bond donors (Lipinski definition) is 1. The molecule has 0 aliphatic heterocycles. The first-order chi connectivity index (χ1) is 9.22. The molecule has 0 saturated carbocycles. The molecule has 0 radical (unpaired) electrons. The summed E-state index contributed by atoms with van der Waals surface area (Å²) in [6.45, 7) is 3.97. The van der Waals surface area contributed by atoms with E-state index in [-0.39, 0.29) is 5.56 Å². The zero-order valence-corrected chi connectivity index (χ0v) is 10.4. The van der Waals surface area contributed by atoms with E-state index in [1.165, 1.54) is 0 Å². The lowest BCUT2D eigenvalue weighted by Crippen LogP contribution is -2.01. The second-order valence-corrected chi connectivity index (χ2v) is 3.98. The van der Waals surface area contributed by atoms with E-state index in [4.69, 9.17) is 4.74 Å². The summed E-state index contributed by atoms with van der Waals surface area (Å²) in [6.07, 6.45) is 1.65. The van der Waals surface area contributed by atoms with Crippen molar-refractivity contribution in [3.05, 3.63) is 66.7 Å². The molecule has 2 aromatic rings. The normalized spacial score (nSPS) is 9.89. The number of carbonyl (C=O) groups is 1. The minimum atomic E-state index is -0.950. The van der Waals surface area contributed by atoms with Crippen molar-refractivity contribution in [3.8, 4) is 16.9 Å². The number of aromatic carboxylic acids is 1. The molecule has 0 spiro atoms. The van der Waals surface area contributed by atoms with Crippen LogP contribution in [0, 0.1) is 0 Å². The van der Waals surface area contributed by atoms with Crippen LogP contribution in [0.2, 0.25) is 0 Å². The summed E-state index contributed by atoms with van der Waals surface area (Å²) in [7, 11) is 0. The first kappa shape index (κ1) is 12.9. The van der Waals surface area contributed by atoms with Crippen LogP contribution in [0.3, 0.4) is 0 Å². The Bertz CT molecular complexity index is 588. The lowest BCUT2D eigenvalue weighted by Gasteiger charge is -2.10. The Morgan fingerprint density at radius 2 is 1.95 bits per heavy atom. The van der Waals surface area contributed by atoms with Crippen LogP contribution >= 0.6 is 0 Å². The maximum atomic E-state index is 11.3. The molecule has 2 aromatic carbocycles. The summed E-state index contributed by atoms with van der Waals surface area (Å²) in [6, 6.07) is 14.3. The van der Waals surface area contributed by atoms with E-state index in [0.717, 1.165) is 5.56 Å². The molecule has 0 unspecified atom stereocenters. The van der Waals surface area contributed by atoms with Crippen molar-refractivity contribution in [2.75, 3.05) is 6.61 Å². The maximum Gasteiger partial charge on any atom is 0.336 e. The van der Waals surface area contributed by atoms with Gasteiger partial charge in [-0.1, -0.05) is 43.0 Å². The molecule has 3 heteroatoms. The van der Waals surface area contributed by atoms with E-state index in [9.17, 15) is 9.90 Å². The number of carboxylic acids is 1. The van der Waals surface area contributed by atoms with Crippen LogP contribution in [0.5, 0.6) is 5.75 Å². The molecular weight excluding hydrogens is 240 g/mol. The molecule has 0 heterocycles. The van der Waals surface area contributed by atoms with Crippen LogP contribution in [0.4, 0.5) is 0 Å². The van der Waals surface area contributed by atoms with Crippen molar-refractivity contribution in [2.45, 2.75) is 0 Å². The van der Waals surface area contributed by atoms with Crippen LogP contribution in [-0.4, -0.2) is 17.7 Å². The second-order valence-electron chi connectivity index (χ2n) is 3.98. The zero-order valence-electron chi connectivity index (χ0n) is 10.4. The van der Waals surface area contributed by atoms with Gasteiger partial charge in [0.2, 0.25) is 0 Å². The number of carboxylic acid groups (broad SMARTS) is 1. The Balaban J connectivity index is 2.48. The van der Waals surface area contributed by atoms with Crippen LogP contribution in [0.25, 0.3) is 11.1 Å². The molecular formula is C16H14O3. The molecule has 0 atom stereocenters. The third-order valence-corrected chi connectivity index (χ3v) is 2.67. The molecule has 3 nitrogen and oxygen atoms in total. The Morgan fingerprint density at radius 1 is 1.21 bits per heavy atom. The summed E-state index contributed by atoms with van der Waals surface area (Å²) in [5.74, 6) is -0.321. The lowest BCUT2D eigenvalue weighted by molar-refractivity contribution is 0.0697. The molecule has 0 aliphatic rings. The zero-order chi connectivity index (χ0) is 13.7. The van der Waals surface area contributed by atoms with Gasteiger partial charge in [0, 0.05) is 0 Å². The second kappa shape index (κ2) is 5.87. The van der Waals surface area contributed by atoms with Gasteiger partial charge in [-0.05, 0) is 29.3 Å². The van der Waals surface area contributed by atoms with Crippen molar-refractivity contribution in [3.63, 3.8) is 0 Å². The highest BCUT2D eigenvalue weighted by atomic mass is 16.5. The van der Waals surface area contributed by atoms with Gasteiger partial charge in [-0.2, -0.15) is 0 Å². The molecule has 19 heavy (non-hydrogen) atoms. The molecule has 0 aromatic heterocycles. The monoisotopic (exact) mass is 254 g/mol. The Kier molecular flexibility index (Phi) is 3.98. The van der Waals surface area contributed by atoms with Crippen LogP contribution < -0.4 is 4.74 Å². The first-order valence-corrected chi connectivity index (χ1v) is 5.89. The van der Waals surface area contributed by atoms with Gasteiger partial charge in [-0.25, -0.2) is 4.79 Å². The molecule has 0 amide bonds. The van der Waals surface area contributed by atoms with Gasteiger partial charge in [0.15, 0.2) is 0 Å². The fourth-order valence-corrected chi connectivity index (χ4v) is 1.81. The van der Waals surface area contributed by atoms with Gasteiger partial charge < -0.3 is 9.84 Å². The number of ether oxygens (including phenoxy) is 1. The fraction of sp³-hybridized carbons (Fsp3) is 0.0625. The quantitative estimate of drug-likeness (QED) is 0.829. The average Bonchev–Trinajstić information content (AvgIpc) is 2.45. The van der Waals surface area contributed by atoms with E-state index in [1.807, 2.05) is 30.3 Å². The van der Waals surface area contributed by atoms with Gasteiger partial charge in [0.05, 0.1) is 5.56 Å². The molecule has 0 saturated heterocycles. The Morgan fingerprint density at radius 3 is 2.58 bits per heavy atom. The molecule has 0 aliphatic carbocycles. The predicted octanol–water partition coefficient (Wildman–Crippen LogP) is 3.62. The van der Waals surface area contributed by atoms with Gasteiger partial charge in [-0.15, -0.1) is 0 Å². The van der Waals surface area contributed by atoms with Gasteiger partial charge in [0.1, 0.15) is 12.4 Å². The van der Waals surface area contributed by atoms with Crippen molar-refractivity contribution in [1.29, 1.82) is 0 Å². The largest absolute Gasteiger partial charge is 0.490 e. The first-order valence-electron chi connectivity index (χ1n) is 5.89. The summed E-state index contributed by atoms with van der Waals surface area (Å²) < 4.78 is 5.44. The van der Waals surface area contributed by atoms with Crippen molar-refractivity contribution < 1.29 is 14.6 Å². The highest BCUT2D eigenvalue weighted by molar-refractivity contribution is 5.96. The van der Waals surface area contributed by atoms with Crippen LogP contribution in [0.15, 0.2) is 61.2 Å². The fourth-order valence-electron chi connectivity index (χ4n) is 1.81. The summed E-state index contributed by atoms with van der Waals surface area (Å²) in [5.41, 5.74) is 1.76. The average molecular weight is 254 g/mol. The lowest BCUT2D eigenvalue weighted by atomic mass is 9.99. The molecule has 0 fully saturated rings.